The Hall–Kier alpha value is -0.420. The van der Waals surface area contributed by atoms with Crippen LogP contribution in [0, 0.1) is 17.8 Å². The Balaban J connectivity index is 1.61. The fraction of sp³-hybridized carbons (Fsp3) is 0.833. The van der Waals surface area contributed by atoms with Crippen LogP contribution in [0.5, 0.6) is 0 Å². The number of allylic oxidation sites excluding steroid dienone is 2. The summed E-state index contributed by atoms with van der Waals surface area (Å²) < 4.78 is 10.4. The first kappa shape index (κ1) is 12.0. The van der Waals surface area contributed by atoms with Crippen molar-refractivity contribution in [3.8, 4) is 0 Å². The van der Waals surface area contributed by atoms with Crippen molar-refractivity contribution < 1.29 is 19.7 Å². The van der Waals surface area contributed by atoms with Gasteiger partial charge in [0.2, 0.25) is 0 Å². The summed E-state index contributed by atoms with van der Waals surface area (Å²) in [6.07, 6.45) is 6.00. The molecule has 0 saturated heterocycles. The van der Waals surface area contributed by atoms with Crippen LogP contribution in [0.4, 0.5) is 0 Å². The summed E-state index contributed by atoms with van der Waals surface area (Å²) >= 11 is 0. The van der Waals surface area contributed by atoms with E-state index >= 15 is 0 Å². The lowest BCUT2D eigenvalue weighted by Crippen LogP contribution is -2.28. The predicted molar refractivity (Wildman–Crippen MR) is 58.7 cm³/mol. The molecule has 0 spiro atoms. The lowest BCUT2D eigenvalue weighted by atomic mass is 9.93. The van der Waals surface area contributed by atoms with Crippen molar-refractivity contribution in [1.29, 1.82) is 0 Å². The molecule has 92 valence electrons. The first-order chi connectivity index (χ1) is 7.81. The highest BCUT2D eigenvalue weighted by atomic mass is 16.6. The Bertz CT molecular complexity index is 241. The quantitative estimate of drug-likeness (QED) is 0.379. The molecule has 4 heteroatoms. The molecule has 16 heavy (non-hydrogen) atoms. The van der Waals surface area contributed by atoms with Crippen molar-refractivity contribution in [2.75, 3.05) is 26.4 Å². The number of ether oxygens (including phenoxy) is 2. The van der Waals surface area contributed by atoms with Gasteiger partial charge in [0.15, 0.2) is 6.29 Å². The highest BCUT2D eigenvalue weighted by molar-refractivity contribution is 5.10. The minimum Gasteiger partial charge on any atom is -0.394 e. The summed E-state index contributed by atoms with van der Waals surface area (Å²) in [5, 5.41) is 18.4. The Kier molecular flexibility index (Phi) is 4.35. The van der Waals surface area contributed by atoms with E-state index in [1.165, 1.54) is 6.42 Å². The van der Waals surface area contributed by atoms with E-state index in [0.717, 1.165) is 6.42 Å². The van der Waals surface area contributed by atoms with Gasteiger partial charge in [-0.2, -0.15) is 0 Å². The van der Waals surface area contributed by atoms with Gasteiger partial charge in [-0.3, -0.25) is 0 Å². The highest BCUT2D eigenvalue weighted by Gasteiger charge is 2.39. The molecule has 0 aliphatic heterocycles. The second-order valence-electron chi connectivity index (χ2n) is 4.54. The van der Waals surface area contributed by atoms with Gasteiger partial charge in [-0.15, -0.1) is 0 Å². The second kappa shape index (κ2) is 5.77. The Morgan fingerprint density at radius 2 is 2.06 bits per heavy atom. The molecule has 1 saturated carbocycles. The Morgan fingerprint density at radius 3 is 2.69 bits per heavy atom. The molecular weight excluding hydrogens is 208 g/mol. The van der Waals surface area contributed by atoms with Crippen molar-refractivity contribution >= 4 is 0 Å². The van der Waals surface area contributed by atoms with Crippen molar-refractivity contribution in [3.63, 3.8) is 0 Å². The lowest BCUT2D eigenvalue weighted by Gasteiger charge is -2.24. The number of aliphatic hydroxyl groups is 2. The fourth-order valence-corrected chi connectivity index (χ4v) is 2.67. The molecule has 2 aliphatic rings. The number of hydrogen-bond donors (Lipinski definition) is 2. The molecule has 2 rings (SSSR count). The summed E-state index contributed by atoms with van der Waals surface area (Å²) in [6.45, 7) is 1.17. The van der Waals surface area contributed by atoms with E-state index < -0.39 is 6.29 Å². The summed E-state index contributed by atoms with van der Waals surface area (Å²) in [5.41, 5.74) is 0. The van der Waals surface area contributed by atoms with E-state index in [1.807, 2.05) is 0 Å². The zero-order valence-electron chi connectivity index (χ0n) is 9.42. The lowest BCUT2D eigenvalue weighted by molar-refractivity contribution is -0.148. The number of hydrogen-bond acceptors (Lipinski definition) is 4. The smallest absolute Gasteiger partial charge is 0.158 e. The summed E-state index contributed by atoms with van der Waals surface area (Å²) in [5.74, 6) is 1.41. The molecule has 0 radical (unpaired) electrons. The number of rotatable bonds is 7. The average molecular weight is 228 g/mol. The van der Waals surface area contributed by atoms with Crippen LogP contribution in [0.1, 0.15) is 12.8 Å². The van der Waals surface area contributed by atoms with Crippen molar-refractivity contribution in [2.24, 2.45) is 17.8 Å². The first-order valence-electron chi connectivity index (χ1n) is 5.98. The van der Waals surface area contributed by atoms with Crippen LogP contribution in [0.3, 0.4) is 0 Å². The monoisotopic (exact) mass is 228 g/mol. The molecule has 4 nitrogen and oxygen atoms in total. The molecule has 0 amide bonds. The van der Waals surface area contributed by atoms with Crippen LogP contribution < -0.4 is 0 Å². The third-order valence-corrected chi connectivity index (χ3v) is 3.45. The van der Waals surface area contributed by atoms with Gasteiger partial charge in [0.25, 0.3) is 0 Å². The minimum absolute atomic E-state index is 0.0275. The van der Waals surface area contributed by atoms with Crippen LogP contribution in [-0.2, 0) is 9.47 Å². The molecule has 0 aromatic carbocycles. The average Bonchev–Trinajstić information content (AvgIpc) is 2.90. The van der Waals surface area contributed by atoms with Crippen LogP contribution >= 0.6 is 0 Å². The van der Waals surface area contributed by atoms with Gasteiger partial charge in [0, 0.05) is 5.92 Å². The first-order valence-corrected chi connectivity index (χ1v) is 5.98. The van der Waals surface area contributed by atoms with Crippen molar-refractivity contribution in [3.05, 3.63) is 12.2 Å². The third kappa shape index (κ3) is 2.83. The molecule has 2 N–H and O–H groups in total. The van der Waals surface area contributed by atoms with Crippen LogP contribution in [0.25, 0.3) is 0 Å². The summed E-state index contributed by atoms with van der Waals surface area (Å²) in [7, 11) is 0. The minimum atomic E-state index is -0.669. The van der Waals surface area contributed by atoms with E-state index in [4.69, 9.17) is 14.6 Å². The van der Waals surface area contributed by atoms with E-state index in [1.54, 1.807) is 0 Å². The molecule has 0 aromatic rings. The SMILES string of the molecule is OCCOCCOC(O)C1CC2C=CC1C2. The largest absolute Gasteiger partial charge is 0.394 e. The van der Waals surface area contributed by atoms with Gasteiger partial charge in [0.1, 0.15) is 0 Å². The number of fused-ring (bicyclic) bond motifs is 2. The van der Waals surface area contributed by atoms with Crippen LogP contribution in [0.2, 0.25) is 0 Å². The summed E-state index contributed by atoms with van der Waals surface area (Å²) in [4.78, 5) is 0. The van der Waals surface area contributed by atoms with E-state index in [9.17, 15) is 5.11 Å². The predicted octanol–water partition coefficient (Wildman–Crippen LogP) is 0.542. The van der Waals surface area contributed by atoms with Crippen molar-refractivity contribution in [1.82, 2.24) is 0 Å². The van der Waals surface area contributed by atoms with E-state index in [2.05, 4.69) is 12.2 Å². The molecule has 2 aliphatic carbocycles. The fourth-order valence-electron chi connectivity index (χ4n) is 2.67. The van der Waals surface area contributed by atoms with E-state index in [0.29, 0.717) is 31.7 Å². The zero-order valence-corrected chi connectivity index (χ0v) is 9.42. The van der Waals surface area contributed by atoms with Gasteiger partial charge in [0.05, 0.1) is 26.4 Å². The highest BCUT2D eigenvalue weighted by Crippen LogP contribution is 2.44. The maximum atomic E-state index is 9.87. The molecule has 1 fully saturated rings. The van der Waals surface area contributed by atoms with Crippen molar-refractivity contribution in [2.45, 2.75) is 19.1 Å². The van der Waals surface area contributed by atoms with E-state index in [-0.39, 0.29) is 12.5 Å². The molecule has 4 unspecified atom stereocenters. The van der Waals surface area contributed by atoms with Gasteiger partial charge in [-0.1, -0.05) is 12.2 Å². The van der Waals surface area contributed by atoms with Gasteiger partial charge in [-0.25, -0.2) is 0 Å². The maximum absolute atomic E-state index is 9.87. The standard InChI is InChI=1S/C12H20O4/c13-3-4-15-5-6-16-12(14)11-8-9-1-2-10(11)7-9/h1-2,9-14H,3-8H2. The van der Waals surface area contributed by atoms with Gasteiger partial charge in [-0.05, 0) is 24.7 Å². The topological polar surface area (TPSA) is 58.9 Å². The Labute approximate surface area is 95.9 Å². The molecule has 2 bridgehead atoms. The molecule has 4 atom stereocenters. The molecule has 0 heterocycles. The molecular formula is C12H20O4. The van der Waals surface area contributed by atoms with Gasteiger partial charge >= 0.3 is 0 Å². The zero-order chi connectivity index (χ0) is 11.4. The van der Waals surface area contributed by atoms with Gasteiger partial charge < -0.3 is 19.7 Å². The maximum Gasteiger partial charge on any atom is 0.158 e. The molecule has 0 aromatic heterocycles. The second-order valence-corrected chi connectivity index (χ2v) is 4.54. The van der Waals surface area contributed by atoms with Crippen LogP contribution in [0.15, 0.2) is 12.2 Å². The summed E-state index contributed by atoms with van der Waals surface area (Å²) in [6, 6.07) is 0. The number of aliphatic hydroxyl groups excluding tert-OH is 2. The Morgan fingerprint density at radius 1 is 1.19 bits per heavy atom. The third-order valence-electron chi connectivity index (χ3n) is 3.45. The normalized spacial score (nSPS) is 33.5. The van der Waals surface area contributed by atoms with Crippen LogP contribution in [-0.4, -0.2) is 42.9 Å².